The molecule has 1 saturated heterocycles. The normalized spacial score (nSPS) is 28.6. The molecule has 0 aromatic rings. The van der Waals surface area contributed by atoms with Gasteiger partial charge >= 0.3 is 12.0 Å². The number of urea groups is 1. The van der Waals surface area contributed by atoms with Gasteiger partial charge in [-0.1, -0.05) is 0 Å². The number of carboxylic acid groups (broad SMARTS) is 1. The Morgan fingerprint density at radius 3 is 2.89 bits per heavy atom. The highest BCUT2D eigenvalue weighted by Gasteiger charge is 2.39. The lowest BCUT2D eigenvalue weighted by molar-refractivity contribution is -0.140. The Labute approximate surface area is 105 Å². The number of nitrogens with zero attached hydrogens (tertiary/aromatic N) is 1. The topological polar surface area (TPSA) is 99.1 Å². The van der Waals surface area contributed by atoms with Crippen LogP contribution in [0.1, 0.15) is 19.3 Å². The summed E-state index contributed by atoms with van der Waals surface area (Å²) in [7, 11) is 0. The predicted molar refractivity (Wildman–Crippen MR) is 61.1 cm³/mol. The van der Waals surface area contributed by atoms with Crippen molar-refractivity contribution < 1.29 is 24.5 Å². The second kappa shape index (κ2) is 5.53. The van der Waals surface area contributed by atoms with Crippen LogP contribution in [-0.2, 0) is 9.53 Å². The average Bonchev–Trinajstić information content (AvgIpc) is 2.82. The first kappa shape index (κ1) is 13.1. The monoisotopic (exact) mass is 258 g/mol. The van der Waals surface area contributed by atoms with Crippen LogP contribution in [0, 0.1) is 0 Å². The van der Waals surface area contributed by atoms with Gasteiger partial charge < -0.3 is 25.2 Å². The van der Waals surface area contributed by atoms with E-state index in [2.05, 4.69) is 5.32 Å². The standard InChI is InChI=1S/C11H18N2O5/c14-6-7(10(15)16)12-11(17)13-4-5-18-9-3-1-2-8(9)13/h7-9,14H,1-6H2,(H,12,17)(H,15,16)/t7-,8?,9?/m1/s1. The maximum Gasteiger partial charge on any atom is 0.328 e. The number of fused-ring (bicyclic) bond motifs is 1. The Bertz CT molecular complexity index is 335. The summed E-state index contributed by atoms with van der Waals surface area (Å²) in [5.74, 6) is -1.23. The molecule has 2 amide bonds. The summed E-state index contributed by atoms with van der Waals surface area (Å²) in [6, 6.07) is -1.65. The second-order valence-electron chi connectivity index (χ2n) is 4.62. The molecule has 1 aliphatic carbocycles. The van der Waals surface area contributed by atoms with Crippen LogP contribution in [0.15, 0.2) is 0 Å². The number of nitrogens with one attached hydrogen (secondary N) is 1. The molecule has 2 unspecified atom stereocenters. The molecular formula is C11H18N2O5. The quantitative estimate of drug-likeness (QED) is 0.627. The van der Waals surface area contributed by atoms with Gasteiger partial charge in [-0.3, -0.25) is 0 Å². The van der Waals surface area contributed by atoms with Crippen molar-refractivity contribution >= 4 is 12.0 Å². The Balaban J connectivity index is 1.97. The number of hydrogen-bond donors (Lipinski definition) is 3. The zero-order chi connectivity index (χ0) is 13.1. The predicted octanol–water partition coefficient (Wildman–Crippen LogP) is -0.605. The van der Waals surface area contributed by atoms with Crippen molar-refractivity contribution in [2.75, 3.05) is 19.8 Å². The average molecular weight is 258 g/mol. The van der Waals surface area contributed by atoms with E-state index in [-0.39, 0.29) is 12.1 Å². The Kier molecular flexibility index (Phi) is 4.03. The second-order valence-corrected chi connectivity index (χ2v) is 4.62. The molecule has 0 aromatic heterocycles. The number of carbonyl (C=O) groups is 2. The molecular weight excluding hydrogens is 240 g/mol. The minimum Gasteiger partial charge on any atom is -0.480 e. The molecule has 0 radical (unpaired) electrons. The van der Waals surface area contributed by atoms with Gasteiger partial charge in [0.25, 0.3) is 0 Å². The third-order valence-electron chi connectivity index (χ3n) is 3.52. The lowest BCUT2D eigenvalue weighted by atomic mass is 10.1. The maximum atomic E-state index is 12.0. The van der Waals surface area contributed by atoms with E-state index in [0.717, 1.165) is 19.3 Å². The summed E-state index contributed by atoms with van der Waals surface area (Å²) in [4.78, 5) is 24.4. The van der Waals surface area contributed by atoms with E-state index in [1.54, 1.807) is 4.90 Å². The Morgan fingerprint density at radius 2 is 2.22 bits per heavy atom. The first-order chi connectivity index (χ1) is 8.63. The molecule has 0 bridgehead atoms. The summed E-state index contributed by atoms with van der Waals surface area (Å²) in [5, 5.41) is 20.0. The van der Waals surface area contributed by atoms with Crippen molar-refractivity contribution in [2.24, 2.45) is 0 Å². The van der Waals surface area contributed by atoms with E-state index < -0.39 is 24.6 Å². The largest absolute Gasteiger partial charge is 0.480 e. The fourth-order valence-corrected chi connectivity index (χ4v) is 2.60. The van der Waals surface area contributed by atoms with Crippen molar-refractivity contribution in [1.29, 1.82) is 0 Å². The number of aliphatic hydroxyl groups is 1. The molecule has 2 aliphatic rings. The minimum atomic E-state index is -1.25. The number of aliphatic carboxylic acids is 1. The van der Waals surface area contributed by atoms with Crippen molar-refractivity contribution in [3.8, 4) is 0 Å². The van der Waals surface area contributed by atoms with Crippen LogP contribution in [0.4, 0.5) is 4.79 Å². The van der Waals surface area contributed by atoms with Gasteiger partial charge in [0.05, 0.1) is 25.4 Å². The lowest BCUT2D eigenvalue weighted by Gasteiger charge is -2.38. The van der Waals surface area contributed by atoms with Gasteiger partial charge in [-0.15, -0.1) is 0 Å². The Hall–Kier alpha value is -1.34. The highest BCUT2D eigenvalue weighted by Crippen LogP contribution is 2.29. The van der Waals surface area contributed by atoms with Crippen LogP contribution in [0.2, 0.25) is 0 Å². The number of ether oxygens (including phenoxy) is 1. The molecule has 3 atom stereocenters. The number of carbonyl (C=O) groups excluding carboxylic acids is 1. The molecule has 1 heterocycles. The minimum absolute atomic E-state index is 0.0342. The summed E-state index contributed by atoms with van der Waals surface area (Å²) in [6.07, 6.45) is 2.91. The highest BCUT2D eigenvalue weighted by molar-refractivity contribution is 5.82. The van der Waals surface area contributed by atoms with E-state index in [1.807, 2.05) is 0 Å². The number of hydrogen-bond acceptors (Lipinski definition) is 4. The number of rotatable bonds is 3. The van der Waals surface area contributed by atoms with Crippen molar-refractivity contribution in [2.45, 2.75) is 37.5 Å². The molecule has 3 N–H and O–H groups in total. The summed E-state index contributed by atoms with van der Waals surface area (Å²) >= 11 is 0. The third-order valence-corrected chi connectivity index (χ3v) is 3.52. The number of aliphatic hydroxyl groups excluding tert-OH is 1. The maximum absolute atomic E-state index is 12.0. The molecule has 1 aliphatic heterocycles. The van der Waals surface area contributed by atoms with Gasteiger partial charge in [-0.05, 0) is 19.3 Å². The molecule has 2 fully saturated rings. The van der Waals surface area contributed by atoms with E-state index in [9.17, 15) is 9.59 Å². The summed E-state index contributed by atoms with van der Waals surface area (Å²) in [5.41, 5.74) is 0. The van der Waals surface area contributed by atoms with Crippen LogP contribution in [0.25, 0.3) is 0 Å². The van der Waals surface area contributed by atoms with E-state index in [0.29, 0.717) is 13.2 Å². The van der Waals surface area contributed by atoms with E-state index >= 15 is 0 Å². The van der Waals surface area contributed by atoms with Crippen LogP contribution in [0.3, 0.4) is 0 Å². The van der Waals surface area contributed by atoms with Gasteiger partial charge in [0.15, 0.2) is 6.04 Å². The van der Waals surface area contributed by atoms with Gasteiger partial charge in [0.1, 0.15) is 0 Å². The fourth-order valence-electron chi connectivity index (χ4n) is 2.60. The smallest absolute Gasteiger partial charge is 0.328 e. The lowest BCUT2D eigenvalue weighted by Crippen LogP contribution is -2.57. The summed E-state index contributed by atoms with van der Waals surface area (Å²) < 4.78 is 5.57. The molecule has 7 heteroatoms. The van der Waals surface area contributed by atoms with Crippen molar-refractivity contribution in [1.82, 2.24) is 10.2 Å². The van der Waals surface area contributed by atoms with Crippen molar-refractivity contribution in [3.63, 3.8) is 0 Å². The molecule has 1 saturated carbocycles. The molecule has 0 aromatic carbocycles. The van der Waals surface area contributed by atoms with E-state index in [1.165, 1.54) is 0 Å². The van der Waals surface area contributed by atoms with Crippen LogP contribution in [-0.4, -0.2) is 65.1 Å². The fraction of sp³-hybridized carbons (Fsp3) is 0.818. The van der Waals surface area contributed by atoms with Crippen LogP contribution in [0.5, 0.6) is 0 Å². The van der Waals surface area contributed by atoms with Gasteiger partial charge in [0, 0.05) is 6.54 Å². The van der Waals surface area contributed by atoms with Gasteiger partial charge in [0.2, 0.25) is 0 Å². The molecule has 18 heavy (non-hydrogen) atoms. The highest BCUT2D eigenvalue weighted by atomic mass is 16.5. The number of carboxylic acids is 1. The zero-order valence-electron chi connectivity index (χ0n) is 10.0. The number of amides is 2. The number of morpholine rings is 1. The summed E-state index contributed by atoms with van der Waals surface area (Å²) in [6.45, 7) is 0.329. The van der Waals surface area contributed by atoms with Crippen LogP contribution >= 0.6 is 0 Å². The zero-order valence-corrected chi connectivity index (χ0v) is 10.0. The van der Waals surface area contributed by atoms with Crippen molar-refractivity contribution in [3.05, 3.63) is 0 Å². The molecule has 0 spiro atoms. The Morgan fingerprint density at radius 1 is 1.44 bits per heavy atom. The third kappa shape index (κ3) is 2.56. The van der Waals surface area contributed by atoms with Gasteiger partial charge in [-0.2, -0.15) is 0 Å². The molecule has 102 valence electrons. The molecule has 2 rings (SSSR count). The molecule has 7 nitrogen and oxygen atoms in total. The van der Waals surface area contributed by atoms with E-state index in [4.69, 9.17) is 14.9 Å². The first-order valence-electron chi connectivity index (χ1n) is 6.16. The SMILES string of the molecule is O=C(O)[C@@H](CO)NC(=O)N1CCOC2CCCC21. The first-order valence-corrected chi connectivity index (χ1v) is 6.16. The van der Waals surface area contributed by atoms with Crippen LogP contribution < -0.4 is 5.32 Å². The van der Waals surface area contributed by atoms with Gasteiger partial charge in [-0.25, -0.2) is 9.59 Å².